The van der Waals surface area contributed by atoms with Crippen LogP contribution in [0.5, 0.6) is 0 Å². The minimum Gasteiger partial charge on any atom is -0.283 e. The number of piperidine rings is 1. The number of carbonyl (C=O) groups excluding carboxylic acids is 1. The van der Waals surface area contributed by atoms with Crippen LogP contribution in [-0.4, -0.2) is 39.9 Å². The van der Waals surface area contributed by atoms with Crippen LogP contribution in [0.3, 0.4) is 0 Å². The molecule has 0 atom stereocenters. The second-order valence-electron chi connectivity index (χ2n) is 7.14. The lowest BCUT2D eigenvalue weighted by atomic mass is 10.0. The van der Waals surface area contributed by atoms with Crippen molar-refractivity contribution in [2.24, 2.45) is 0 Å². The van der Waals surface area contributed by atoms with Crippen molar-refractivity contribution in [3.05, 3.63) is 68.2 Å². The standard InChI is InChI=1S/C23H22BrCl2FN4O/c1-2-18-21(23(32)29-30-11-9-17(27)10-12-30)28-31(20-8-7-16(25)13-19(20)26)22(18)14-3-5-15(24)6-4-14/h3-8,13,17H,2,9-12H2,1H3,(H,29,32)/i11D2,12D2. The van der Waals surface area contributed by atoms with Crippen molar-refractivity contribution in [3.63, 3.8) is 0 Å². The van der Waals surface area contributed by atoms with E-state index in [9.17, 15) is 9.18 Å². The largest absolute Gasteiger partial charge is 0.286 e. The number of amides is 1. The van der Waals surface area contributed by atoms with Crippen molar-refractivity contribution in [1.29, 1.82) is 0 Å². The maximum absolute atomic E-state index is 14.0. The number of alkyl halides is 1. The number of benzene rings is 2. The molecule has 32 heavy (non-hydrogen) atoms. The van der Waals surface area contributed by atoms with Gasteiger partial charge < -0.3 is 0 Å². The average molecular weight is 544 g/mol. The van der Waals surface area contributed by atoms with Crippen molar-refractivity contribution in [1.82, 2.24) is 20.2 Å². The maximum Gasteiger partial charge on any atom is 0.286 e. The molecule has 0 unspecified atom stereocenters. The predicted molar refractivity (Wildman–Crippen MR) is 129 cm³/mol. The molecule has 1 N–H and O–H groups in total. The van der Waals surface area contributed by atoms with Crippen molar-refractivity contribution in [3.8, 4) is 16.9 Å². The molecule has 0 spiro atoms. The molecule has 1 saturated heterocycles. The first kappa shape index (κ1) is 18.5. The Balaban J connectivity index is 1.85. The summed E-state index contributed by atoms with van der Waals surface area (Å²) in [5.41, 5.74) is 4.65. The van der Waals surface area contributed by atoms with E-state index in [1.54, 1.807) is 18.2 Å². The molecule has 168 valence electrons. The molecule has 0 aliphatic carbocycles. The van der Waals surface area contributed by atoms with E-state index in [-0.39, 0.29) is 5.69 Å². The molecular formula is C23H22BrCl2FN4O. The summed E-state index contributed by atoms with van der Waals surface area (Å²) in [6, 6.07) is 12.3. The van der Waals surface area contributed by atoms with E-state index in [1.807, 2.05) is 31.2 Å². The molecular weight excluding hydrogens is 518 g/mol. The van der Waals surface area contributed by atoms with Gasteiger partial charge in [0.25, 0.3) is 5.91 Å². The zero-order valence-electron chi connectivity index (χ0n) is 21.0. The minimum atomic E-state index is -2.44. The van der Waals surface area contributed by atoms with Gasteiger partial charge in [-0.25, -0.2) is 14.1 Å². The third-order valence-electron chi connectivity index (χ3n) is 4.96. The molecule has 1 aliphatic heterocycles. The van der Waals surface area contributed by atoms with Gasteiger partial charge in [0, 0.05) is 39.1 Å². The fourth-order valence-corrected chi connectivity index (χ4v) is 4.19. The molecule has 0 radical (unpaired) electrons. The summed E-state index contributed by atoms with van der Waals surface area (Å²) >= 11 is 16.0. The highest BCUT2D eigenvalue weighted by Crippen LogP contribution is 2.34. The van der Waals surface area contributed by atoms with Gasteiger partial charge in [-0.3, -0.25) is 10.2 Å². The number of aromatic nitrogens is 2. The number of halogens is 4. The molecule has 2 aromatic carbocycles. The van der Waals surface area contributed by atoms with Crippen molar-refractivity contribution < 1.29 is 14.7 Å². The van der Waals surface area contributed by atoms with Gasteiger partial charge in [0.2, 0.25) is 0 Å². The number of rotatable bonds is 5. The van der Waals surface area contributed by atoms with Gasteiger partial charge in [-0.15, -0.1) is 0 Å². The van der Waals surface area contributed by atoms with E-state index in [1.165, 1.54) is 4.68 Å². The van der Waals surface area contributed by atoms with Gasteiger partial charge in [0.1, 0.15) is 6.17 Å². The Morgan fingerprint density at radius 3 is 2.56 bits per heavy atom. The molecule has 0 saturated carbocycles. The zero-order chi connectivity index (χ0) is 26.4. The number of hydrazine groups is 1. The second-order valence-corrected chi connectivity index (χ2v) is 8.90. The molecule has 5 nitrogen and oxygen atoms in total. The number of carbonyl (C=O) groups is 1. The van der Waals surface area contributed by atoms with Crippen molar-refractivity contribution >= 4 is 45.0 Å². The normalized spacial score (nSPS) is 20.2. The van der Waals surface area contributed by atoms with Crippen molar-refractivity contribution in [2.75, 3.05) is 13.0 Å². The van der Waals surface area contributed by atoms with Gasteiger partial charge in [-0.1, -0.05) is 58.2 Å². The topological polar surface area (TPSA) is 50.2 Å². The molecule has 3 aromatic rings. The first-order valence-corrected chi connectivity index (χ1v) is 11.5. The summed E-state index contributed by atoms with van der Waals surface area (Å²) < 4.78 is 49.0. The Morgan fingerprint density at radius 2 is 1.94 bits per heavy atom. The number of nitrogens with zero attached hydrogens (tertiary/aromatic N) is 3. The molecule has 2 heterocycles. The Hall–Kier alpha value is -1.93. The van der Waals surface area contributed by atoms with Gasteiger partial charge >= 0.3 is 0 Å². The van der Waals surface area contributed by atoms with E-state index in [2.05, 4.69) is 26.5 Å². The van der Waals surface area contributed by atoms with Crippen LogP contribution < -0.4 is 5.43 Å². The van der Waals surface area contributed by atoms with Gasteiger partial charge in [-0.2, -0.15) is 5.10 Å². The Bertz CT molecular complexity index is 1290. The summed E-state index contributed by atoms with van der Waals surface area (Å²) in [5.74, 6) is -0.820. The van der Waals surface area contributed by atoms with Crippen molar-refractivity contribution in [2.45, 2.75) is 32.4 Å². The summed E-state index contributed by atoms with van der Waals surface area (Å²) in [4.78, 5) is 13.5. The molecule has 1 aliphatic rings. The van der Waals surface area contributed by atoms with Crippen LogP contribution in [0.4, 0.5) is 4.39 Å². The fraction of sp³-hybridized carbons (Fsp3) is 0.304. The minimum absolute atomic E-state index is 0.0320. The van der Waals surface area contributed by atoms with E-state index in [0.29, 0.717) is 38.4 Å². The summed E-state index contributed by atoms with van der Waals surface area (Å²) in [7, 11) is 0. The van der Waals surface area contributed by atoms with Gasteiger partial charge in [0.05, 0.1) is 16.4 Å². The van der Waals surface area contributed by atoms with E-state index in [4.69, 9.17) is 28.7 Å². The molecule has 9 heteroatoms. The highest BCUT2D eigenvalue weighted by Gasteiger charge is 2.27. The van der Waals surface area contributed by atoms with Gasteiger partial charge in [0.15, 0.2) is 5.69 Å². The predicted octanol–water partition coefficient (Wildman–Crippen LogP) is 6.25. The first-order valence-electron chi connectivity index (χ1n) is 11.9. The Labute approximate surface area is 210 Å². The van der Waals surface area contributed by atoms with Crippen LogP contribution in [0.2, 0.25) is 10.0 Å². The highest BCUT2D eigenvalue weighted by atomic mass is 79.9. The fourth-order valence-electron chi connectivity index (χ4n) is 3.44. The summed E-state index contributed by atoms with van der Waals surface area (Å²) in [5, 5.41) is 5.81. The van der Waals surface area contributed by atoms with Crippen LogP contribution in [0.25, 0.3) is 16.9 Å². The van der Waals surface area contributed by atoms with E-state index in [0.717, 1.165) is 10.0 Å². The van der Waals surface area contributed by atoms with Crippen LogP contribution >= 0.6 is 39.1 Å². The monoisotopic (exact) mass is 542 g/mol. The highest BCUT2D eigenvalue weighted by molar-refractivity contribution is 9.10. The van der Waals surface area contributed by atoms with E-state index >= 15 is 0 Å². The van der Waals surface area contributed by atoms with Gasteiger partial charge in [-0.05, 0) is 49.6 Å². The Kier molecular flexibility index (Phi) is 5.73. The third-order valence-corrected chi connectivity index (χ3v) is 6.03. The van der Waals surface area contributed by atoms with Crippen LogP contribution in [0, 0.1) is 0 Å². The lowest BCUT2D eigenvalue weighted by molar-refractivity contribution is 0.0657. The molecule has 0 bridgehead atoms. The maximum atomic E-state index is 14.0. The third kappa shape index (κ3) is 4.86. The lowest BCUT2D eigenvalue weighted by Crippen LogP contribution is -2.47. The number of hydrogen-bond acceptors (Lipinski definition) is 3. The smallest absolute Gasteiger partial charge is 0.283 e. The van der Waals surface area contributed by atoms with Crippen LogP contribution in [0.15, 0.2) is 46.9 Å². The molecule has 1 aromatic heterocycles. The zero-order valence-corrected chi connectivity index (χ0v) is 20.1. The lowest BCUT2D eigenvalue weighted by Gasteiger charge is -2.28. The molecule has 1 fully saturated rings. The first-order chi connectivity index (χ1) is 16.8. The number of hydrogen-bond donors (Lipinski definition) is 1. The molecule has 4 rings (SSSR count). The van der Waals surface area contributed by atoms with Crippen LogP contribution in [0.1, 0.15) is 41.3 Å². The Morgan fingerprint density at radius 1 is 1.25 bits per heavy atom. The SMILES string of the molecule is [2H]C1([2H])CC(F)CC([2H])([2H])N1NC(=O)c1nn(-c2ccc(Cl)cc2Cl)c(-c2ccc(Br)cc2)c1CC. The molecule has 1 amide bonds. The van der Waals surface area contributed by atoms with Crippen LogP contribution in [-0.2, 0) is 6.42 Å². The second kappa shape index (κ2) is 9.91. The quantitative estimate of drug-likeness (QED) is 0.414. The summed E-state index contributed by atoms with van der Waals surface area (Å²) in [6.45, 7) is -3.04. The average Bonchev–Trinajstić information content (AvgIpc) is 3.15. The summed E-state index contributed by atoms with van der Waals surface area (Å²) in [6.07, 6.45) is -2.45. The van der Waals surface area contributed by atoms with E-state index < -0.39 is 37.9 Å². The number of nitrogens with one attached hydrogen (secondary N) is 1.